The summed E-state index contributed by atoms with van der Waals surface area (Å²) in [7, 11) is 0. The molecule has 0 unspecified atom stereocenters. The maximum Gasteiger partial charge on any atom is 0.313 e. The van der Waals surface area contributed by atoms with Crippen molar-refractivity contribution in [1.82, 2.24) is 9.66 Å². The zero-order valence-corrected chi connectivity index (χ0v) is 27.2. The van der Waals surface area contributed by atoms with Crippen LogP contribution in [0.5, 0.6) is 11.5 Å². The van der Waals surface area contributed by atoms with Crippen molar-refractivity contribution in [3.05, 3.63) is 121 Å². The third-order valence-electron chi connectivity index (χ3n) is 7.33. The quantitative estimate of drug-likeness (QED) is 0.0872. The second-order valence-corrected chi connectivity index (χ2v) is 11.4. The Morgan fingerprint density at radius 1 is 1.12 bits per heavy atom. The van der Waals surface area contributed by atoms with Crippen LogP contribution in [0.3, 0.4) is 0 Å². The van der Waals surface area contributed by atoms with Crippen molar-refractivity contribution >= 4 is 46.0 Å². The first-order valence-corrected chi connectivity index (χ1v) is 15.3. The predicted molar refractivity (Wildman–Crippen MR) is 183 cm³/mol. The second-order valence-electron chi connectivity index (χ2n) is 11.0. The fourth-order valence-corrected chi connectivity index (χ4v) is 5.32. The Morgan fingerprint density at radius 3 is 2.56 bits per heavy atom. The minimum atomic E-state index is -0.753. The summed E-state index contributed by atoms with van der Waals surface area (Å²) >= 11 is 6.40. The van der Waals surface area contributed by atoms with E-state index in [1.807, 2.05) is 39.8 Å². The van der Waals surface area contributed by atoms with Crippen LogP contribution >= 0.6 is 11.6 Å². The molecule has 0 atom stereocenters. The number of nitro groups is 1. The van der Waals surface area contributed by atoms with Crippen molar-refractivity contribution in [2.24, 2.45) is 5.10 Å². The lowest BCUT2D eigenvalue weighted by Crippen LogP contribution is -2.21. The molecular weight excluding hydrogens is 641 g/mol. The second kappa shape index (κ2) is 14.4. The van der Waals surface area contributed by atoms with Gasteiger partial charge in [-0.3, -0.25) is 19.7 Å². The maximum absolute atomic E-state index is 13.9. The molecule has 4 aromatic carbocycles. The van der Waals surface area contributed by atoms with Crippen molar-refractivity contribution in [3.8, 4) is 22.9 Å². The van der Waals surface area contributed by atoms with Gasteiger partial charge in [-0.2, -0.15) is 9.78 Å². The van der Waals surface area contributed by atoms with Gasteiger partial charge in [0.1, 0.15) is 11.6 Å². The van der Waals surface area contributed by atoms with Crippen LogP contribution in [0.1, 0.15) is 43.4 Å². The zero-order chi connectivity index (χ0) is 34.5. The number of carbonyl (C=O) groups is 1. The van der Waals surface area contributed by atoms with Gasteiger partial charge in [-0.15, -0.1) is 0 Å². The van der Waals surface area contributed by atoms with Gasteiger partial charge in [-0.1, -0.05) is 49.7 Å². The summed E-state index contributed by atoms with van der Waals surface area (Å²) in [6.07, 6.45) is 1.25. The van der Waals surface area contributed by atoms with Crippen LogP contribution in [0.15, 0.2) is 82.7 Å². The molecule has 5 aromatic rings. The number of benzene rings is 4. The number of hydrogen-bond acceptors (Lipinski definition) is 8. The fraction of sp³-hybridized carbons (Fsp3) is 0.200. The molecule has 0 radical (unpaired) electrons. The van der Waals surface area contributed by atoms with E-state index in [9.17, 15) is 24.1 Å². The molecule has 1 aromatic heterocycles. The van der Waals surface area contributed by atoms with E-state index in [-0.39, 0.29) is 33.8 Å². The van der Waals surface area contributed by atoms with E-state index in [1.54, 1.807) is 24.3 Å². The van der Waals surface area contributed by atoms with Gasteiger partial charge >= 0.3 is 5.69 Å². The number of nitro benzene ring substituents is 1. The Bertz CT molecular complexity index is 2130. The van der Waals surface area contributed by atoms with Gasteiger partial charge in [-0.25, -0.2) is 9.37 Å². The van der Waals surface area contributed by atoms with Gasteiger partial charge < -0.3 is 14.8 Å². The third-order valence-corrected chi connectivity index (χ3v) is 7.61. The summed E-state index contributed by atoms with van der Waals surface area (Å²) in [6.45, 7) is 7.68. The predicted octanol–water partition coefficient (Wildman–Crippen LogP) is 7.49. The monoisotopic (exact) mass is 671 g/mol. The smallest absolute Gasteiger partial charge is 0.313 e. The van der Waals surface area contributed by atoms with Gasteiger partial charge in [0.25, 0.3) is 11.5 Å². The Labute approximate surface area is 279 Å². The zero-order valence-electron chi connectivity index (χ0n) is 26.5. The number of aromatic nitrogens is 2. The third kappa shape index (κ3) is 7.18. The maximum atomic E-state index is 13.9. The number of ether oxygens (including phenoxy) is 2. The molecule has 0 aliphatic heterocycles. The molecule has 0 saturated heterocycles. The van der Waals surface area contributed by atoms with Gasteiger partial charge in [-0.05, 0) is 73.4 Å². The largest absolute Gasteiger partial charge is 0.494 e. The summed E-state index contributed by atoms with van der Waals surface area (Å²) in [4.78, 5) is 42.3. The molecule has 1 amide bonds. The molecule has 0 bridgehead atoms. The van der Waals surface area contributed by atoms with Gasteiger partial charge in [0, 0.05) is 17.2 Å². The number of anilines is 1. The van der Waals surface area contributed by atoms with Gasteiger partial charge in [0.15, 0.2) is 12.4 Å². The minimum Gasteiger partial charge on any atom is -0.494 e. The van der Waals surface area contributed by atoms with Crippen LogP contribution in [0, 0.1) is 22.9 Å². The summed E-state index contributed by atoms with van der Waals surface area (Å²) in [6, 6.07) is 18.7. The number of rotatable bonds is 11. The SMILES string of the molecule is CCOc1cc(C)c(-c2nc3ccccc3c(=O)n2N=Cc2cc(Cl)c(OCC(=O)Nc3ccccc3F)c([N+](=O)[O-])c2)cc1C(C)C. The average molecular weight is 672 g/mol. The number of hydrogen-bond donors (Lipinski definition) is 1. The highest BCUT2D eigenvalue weighted by molar-refractivity contribution is 6.32. The summed E-state index contributed by atoms with van der Waals surface area (Å²) < 4.78 is 26.3. The van der Waals surface area contributed by atoms with Crippen molar-refractivity contribution in [2.75, 3.05) is 18.5 Å². The Kier molecular flexibility index (Phi) is 10.1. The molecule has 5 rings (SSSR count). The van der Waals surface area contributed by atoms with E-state index in [0.29, 0.717) is 23.1 Å². The summed E-state index contributed by atoms with van der Waals surface area (Å²) in [5.41, 5.74) is 1.96. The average Bonchev–Trinajstić information content (AvgIpc) is 3.04. The fourth-order valence-electron chi connectivity index (χ4n) is 5.04. The first kappa shape index (κ1) is 33.7. The molecule has 246 valence electrons. The molecular formula is C35H31ClFN5O6. The molecule has 0 aliphatic rings. The highest BCUT2D eigenvalue weighted by atomic mass is 35.5. The summed E-state index contributed by atoms with van der Waals surface area (Å²) in [5, 5.41) is 18.9. The molecule has 11 nitrogen and oxygen atoms in total. The van der Waals surface area contributed by atoms with E-state index in [0.717, 1.165) is 27.6 Å². The lowest BCUT2D eigenvalue weighted by atomic mass is 9.96. The first-order chi connectivity index (χ1) is 23.0. The van der Waals surface area contributed by atoms with E-state index in [4.69, 9.17) is 26.1 Å². The minimum absolute atomic E-state index is 0.0723. The number of aryl methyl sites for hydroxylation is 1. The van der Waals surface area contributed by atoms with Crippen molar-refractivity contribution in [3.63, 3.8) is 0 Å². The number of amides is 1. The highest BCUT2D eigenvalue weighted by Crippen LogP contribution is 2.37. The summed E-state index contributed by atoms with van der Waals surface area (Å²) in [5.74, 6) is -0.667. The number of nitrogens with zero attached hydrogens (tertiary/aromatic N) is 4. The Balaban J connectivity index is 1.54. The van der Waals surface area contributed by atoms with Gasteiger partial charge in [0.05, 0.1) is 39.4 Å². The number of carbonyl (C=O) groups excluding carboxylic acids is 1. The molecule has 0 spiro atoms. The number of halogens is 2. The number of fused-ring (bicyclic) bond motifs is 1. The van der Waals surface area contributed by atoms with E-state index in [2.05, 4.69) is 10.4 Å². The normalized spacial score (nSPS) is 11.3. The molecule has 0 aliphatic carbocycles. The van der Waals surface area contributed by atoms with Crippen LogP contribution in [0.2, 0.25) is 5.02 Å². The number of nitrogens with one attached hydrogen (secondary N) is 1. The highest BCUT2D eigenvalue weighted by Gasteiger charge is 2.23. The Morgan fingerprint density at radius 2 is 1.85 bits per heavy atom. The molecule has 1 heterocycles. The molecule has 13 heteroatoms. The van der Waals surface area contributed by atoms with E-state index < -0.39 is 34.5 Å². The number of para-hydroxylation sites is 2. The van der Waals surface area contributed by atoms with Crippen molar-refractivity contribution < 1.29 is 23.6 Å². The van der Waals surface area contributed by atoms with E-state index >= 15 is 0 Å². The van der Waals surface area contributed by atoms with Crippen molar-refractivity contribution in [1.29, 1.82) is 0 Å². The lowest BCUT2D eigenvalue weighted by molar-refractivity contribution is -0.385. The van der Waals surface area contributed by atoms with Crippen LogP contribution in [-0.2, 0) is 4.79 Å². The van der Waals surface area contributed by atoms with Crippen LogP contribution < -0.4 is 20.3 Å². The van der Waals surface area contributed by atoms with Crippen LogP contribution in [-0.4, -0.2) is 39.9 Å². The molecule has 0 fully saturated rings. The molecule has 1 N–H and O–H groups in total. The van der Waals surface area contributed by atoms with Crippen LogP contribution in [0.4, 0.5) is 15.8 Å². The van der Waals surface area contributed by atoms with Crippen LogP contribution in [0.25, 0.3) is 22.3 Å². The molecule has 48 heavy (non-hydrogen) atoms. The molecule has 0 saturated carbocycles. The van der Waals surface area contributed by atoms with Crippen molar-refractivity contribution in [2.45, 2.75) is 33.6 Å². The Hall–Kier alpha value is -5.62. The standard InChI is InChI=1S/C35H31ClFN5O6/c1-5-47-31-14-21(4)25(17-24(31)20(2)3)34-40-28-12-8-6-10-23(28)35(44)41(34)38-18-22-15-26(36)33(30(16-22)42(45)46)48-19-32(43)39-29-13-9-7-11-27(29)37/h6-18,20H,5,19H2,1-4H3,(H,39,43). The lowest BCUT2D eigenvalue weighted by Gasteiger charge is -2.18. The topological polar surface area (TPSA) is 138 Å². The first-order valence-electron chi connectivity index (χ1n) is 15.0. The van der Waals surface area contributed by atoms with E-state index in [1.165, 1.54) is 36.5 Å². The van der Waals surface area contributed by atoms with Gasteiger partial charge in [0.2, 0.25) is 5.75 Å².